The Hall–Kier alpha value is -2.84. The van der Waals surface area contributed by atoms with Crippen molar-refractivity contribution in [2.45, 2.75) is 25.4 Å². The van der Waals surface area contributed by atoms with Gasteiger partial charge in [-0.05, 0) is 55.8 Å². The molecule has 2 aromatic heterocycles. The van der Waals surface area contributed by atoms with Crippen molar-refractivity contribution < 1.29 is 9.53 Å². The molecule has 0 saturated carbocycles. The van der Waals surface area contributed by atoms with Crippen LogP contribution in [0.4, 0.5) is 0 Å². The van der Waals surface area contributed by atoms with Crippen LogP contribution in [0.5, 0.6) is 5.75 Å². The molecule has 154 valence electrons. The number of piperidine rings is 1. The quantitative estimate of drug-likeness (QED) is 0.644. The number of carbonyl (C=O) groups is 1. The smallest absolute Gasteiger partial charge is 0.272 e. The van der Waals surface area contributed by atoms with Crippen LogP contribution in [0.1, 0.15) is 35.1 Å². The third kappa shape index (κ3) is 4.96. The molecule has 1 fully saturated rings. The van der Waals surface area contributed by atoms with Gasteiger partial charge in [-0.25, -0.2) is 4.68 Å². The molecule has 3 heterocycles. The van der Waals surface area contributed by atoms with Crippen molar-refractivity contribution in [3.8, 4) is 11.4 Å². The van der Waals surface area contributed by atoms with Gasteiger partial charge in [0.2, 0.25) is 0 Å². The second-order valence-electron chi connectivity index (χ2n) is 6.81. The molecule has 0 bridgehead atoms. The Bertz CT molecular complexity index is 931. The van der Waals surface area contributed by atoms with Crippen molar-refractivity contribution in [1.82, 2.24) is 30.2 Å². The van der Waals surface area contributed by atoms with Gasteiger partial charge in [0.1, 0.15) is 11.4 Å². The van der Waals surface area contributed by atoms with Crippen LogP contribution in [0.15, 0.2) is 48.8 Å². The molecule has 1 unspecified atom stereocenters. The molecule has 29 heavy (non-hydrogen) atoms. The molecule has 0 spiro atoms. The van der Waals surface area contributed by atoms with E-state index in [0.29, 0.717) is 18.3 Å². The van der Waals surface area contributed by atoms with Crippen LogP contribution < -0.4 is 15.4 Å². The number of hydrogen-bond donors (Lipinski definition) is 2. The fourth-order valence-corrected chi connectivity index (χ4v) is 3.32. The number of nitrogens with one attached hydrogen (secondary N) is 2. The maximum absolute atomic E-state index is 12.4. The lowest BCUT2D eigenvalue weighted by Gasteiger charge is -2.22. The van der Waals surface area contributed by atoms with Crippen LogP contribution in [-0.4, -0.2) is 45.7 Å². The fraction of sp³-hybridized carbons (Fsp3) is 0.350. The normalized spacial score (nSPS) is 16.1. The summed E-state index contributed by atoms with van der Waals surface area (Å²) in [6.45, 7) is 2.29. The Morgan fingerprint density at radius 2 is 2.03 bits per heavy atom. The number of ether oxygens (including phenoxy) is 1. The third-order valence-electron chi connectivity index (χ3n) is 4.90. The summed E-state index contributed by atoms with van der Waals surface area (Å²) in [7, 11) is 1.64. The van der Waals surface area contributed by atoms with Gasteiger partial charge in [0, 0.05) is 18.9 Å². The van der Waals surface area contributed by atoms with E-state index in [1.807, 2.05) is 47.4 Å². The summed E-state index contributed by atoms with van der Waals surface area (Å²) in [5.74, 6) is 0.605. The van der Waals surface area contributed by atoms with E-state index in [1.165, 1.54) is 0 Å². The maximum atomic E-state index is 12.4. The topological polar surface area (TPSA) is 86.0 Å². The van der Waals surface area contributed by atoms with E-state index in [1.54, 1.807) is 17.9 Å². The molecule has 1 saturated heterocycles. The molecule has 3 aromatic rings. The van der Waals surface area contributed by atoms with E-state index >= 15 is 0 Å². The van der Waals surface area contributed by atoms with Crippen molar-refractivity contribution in [3.63, 3.8) is 0 Å². The minimum Gasteiger partial charge on any atom is -0.497 e. The molecular weight excluding hydrogens is 392 g/mol. The zero-order valence-corrected chi connectivity index (χ0v) is 17.1. The molecule has 8 nitrogen and oxygen atoms in total. The number of aromatic nitrogens is 4. The van der Waals surface area contributed by atoms with Gasteiger partial charge in [0.05, 0.1) is 31.1 Å². The van der Waals surface area contributed by atoms with Gasteiger partial charge in [-0.1, -0.05) is 0 Å². The Morgan fingerprint density at radius 1 is 1.21 bits per heavy atom. The van der Waals surface area contributed by atoms with Crippen molar-refractivity contribution in [1.29, 1.82) is 0 Å². The predicted octanol–water partition coefficient (Wildman–Crippen LogP) is 2.35. The van der Waals surface area contributed by atoms with E-state index in [9.17, 15) is 4.79 Å². The number of nitrogens with zero attached hydrogens (tertiary/aromatic N) is 4. The van der Waals surface area contributed by atoms with E-state index in [-0.39, 0.29) is 18.3 Å². The fourth-order valence-electron chi connectivity index (χ4n) is 3.32. The number of rotatable bonds is 6. The van der Waals surface area contributed by atoms with Gasteiger partial charge in [0.25, 0.3) is 5.91 Å². The first-order valence-corrected chi connectivity index (χ1v) is 9.46. The van der Waals surface area contributed by atoms with Gasteiger partial charge in [-0.2, -0.15) is 10.2 Å². The largest absolute Gasteiger partial charge is 0.497 e. The Balaban J connectivity index is 0.00000240. The number of benzene rings is 1. The number of methoxy groups -OCH3 is 1. The zero-order valence-electron chi connectivity index (χ0n) is 16.2. The summed E-state index contributed by atoms with van der Waals surface area (Å²) >= 11 is 0. The summed E-state index contributed by atoms with van der Waals surface area (Å²) < 4.78 is 8.83. The summed E-state index contributed by atoms with van der Waals surface area (Å²) in [4.78, 5) is 12.4. The van der Waals surface area contributed by atoms with Crippen molar-refractivity contribution >= 4 is 18.3 Å². The van der Waals surface area contributed by atoms with Gasteiger partial charge < -0.3 is 15.4 Å². The third-order valence-corrected chi connectivity index (χ3v) is 4.90. The molecule has 4 rings (SSSR count). The highest BCUT2D eigenvalue weighted by atomic mass is 35.5. The molecule has 1 amide bonds. The maximum Gasteiger partial charge on any atom is 0.272 e. The second-order valence-corrected chi connectivity index (χ2v) is 6.81. The van der Waals surface area contributed by atoms with Crippen LogP contribution in [0.3, 0.4) is 0 Å². The highest BCUT2D eigenvalue weighted by Crippen LogP contribution is 2.16. The molecular formula is C20H25ClN6O2. The molecule has 1 aliphatic heterocycles. The van der Waals surface area contributed by atoms with E-state index in [4.69, 9.17) is 4.74 Å². The van der Waals surface area contributed by atoms with E-state index in [0.717, 1.165) is 43.1 Å². The minimum atomic E-state index is -0.193. The van der Waals surface area contributed by atoms with Crippen LogP contribution in [-0.2, 0) is 6.54 Å². The first-order valence-electron chi connectivity index (χ1n) is 9.46. The van der Waals surface area contributed by atoms with Gasteiger partial charge >= 0.3 is 0 Å². The number of hydrogen-bond acceptors (Lipinski definition) is 5. The van der Waals surface area contributed by atoms with E-state index < -0.39 is 0 Å². The lowest BCUT2D eigenvalue weighted by molar-refractivity contribution is 0.0944. The highest BCUT2D eigenvalue weighted by molar-refractivity contribution is 5.92. The van der Waals surface area contributed by atoms with Gasteiger partial charge in [-0.15, -0.1) is 12.4 Å². The Morgan fingerprint density at radius 3 is 2.76 bits per heavy atom. The van der Waals surface area contributed by atoms with Crippen molar-refractivity contribution in [3.05, 3.63) is 60.2 Å². The first kappa shape index (κ1) is 20.9. The van der Waals surface area contributed by atoms with E-state index in [2.05, 4.69) is 20.8 Å². The minimum absolute atomic E-state index is 0. The SMILES string of the molecule is COc1ccc(-n2ccc(CNC(=O)c3ccn(C4CCCNC4)n3)n2)cc1.Cl. The summed E-state index contributed by atoms with van der Waals surface area (Å²) in [5.41, 5.74) is 2.14. The average molecular weight is 417 g/mol. The summed E-state index contributed by atoms with van der Waals surface area (Å²) in [6.07, 6.45) is 5.96. The van der Waals surface area contributed by atoms with Crippen LogP contribution in [0.2, 0.25) is 0 Å². The van der Waals surface area contributed by atoms with Crippen LogP contribution in [0, 0.1) is 0 Å². The number of halogens is 1. The van der Waals surface area contributed by atoms with Crippen molar-refractivity contribution in [2.75, 3.05) is 20.2 Å². The van der Waals surface area contributed by atoms with Crippen molar-refractivity contribution in [2.24, 2.45) is 0 Å². The first-order chi connectivity index (χ1) is 13.7. The molecule has 1 aromatic carbocycles. The number of carbonyl (C=O) groups excluding carboxylic acids is 1. The Kier molecular flexibility index (Phi) is 6.90. The van der Waals surface area contributed by atoms with Crippen LogP contribution in [0.25, 0.3) is 5.69 Å². The molecule has 0 aliphatic carbocycles. The second kappa shape index (κ2) is 9.58. The predicted molar refractivity (Wildman–Crippen MR) is 112 cm³/mol. The molecule has 1 atom stereocenters. The summed E-state index contributed by atoms with van der Waals surface area (Å²) in [5, 5.41) is 15.2. The van der Waals surface area contributed by atoms with Gasteiger partial charge in [0.15, 0.2) is 0 Å². The Labute approximate surface area is 175 Å². The standard InChI is InChI=1S/C20H24N6O2.ClH/c1-28-18-6-4-16(5-7-18)25-11-8-15(23-25)13-22-20(27)19-9-12-26(24-19)17-3-2-10-21-14-17;/h4-9,11-12,17,21H,2-3,10,13-14H2,1H3,(H,22,27);1H. The number of amides is 1. The highest BCUT2D eigenvalue weighted by Gasteiger charge is 2.17. The summed E-state index contributed by atoms with van der Waals surface area (Å²) in [6, 6.07) is 11.6. The monoisotopic (exact) mass is 416 g/mol. The van der Waals surface area contributed by atoms with Gasteiger partial charge in [-0.3, -0.25) is 9.48 Å². The molecule has 2 N–H and O–H groups in total. The van der Waals surface area contributed by atoms with Crippen LogP contribution >= 0.6 is 12.4 Å². The average Bonchev–Trinajstić information content (AvgIpc) is 3.43. The molecule has 0 radical (unpaired) electrons. The molecule has 9 heteroatoms. The molecule has 1 aliphatic rings. The lowest BCUT2D eigenvalue weighted by atomic mass is 10.1. The lowest BCUT2D eigenvalue weighted by Crippen LogP contribution is -2.32. The zero-order chi connectivity index (χ0) is 19.3.